The normalized spacial score (nSPS) is 35.7. The van der Waals surface area contributed by atoms with Gasteiger partial charge in [-0.15, -0.1) is 0 Å². The van der Waals surface area contributed by atoms with Crippen LogP contribution in [0, 0.1) is 5.92 Å². The van der Waals surface area contributed by atoms with Crippen molar-refractivity contribution in [3.05, 3.63) is 0 Å². The van der Waals surface area contributed by atoms with Crippen LogP contribution < -0.4 is 5.32 Å². The smallest absolute Gasteiger partial charge is 0.310 e. The highest BCUT2D eigenvalue weighted by molar-refractivity contribution is 4.86. The fourth-order valence-corrected chi connectivity index (χ4v) is 3.27. The minimum atomic E-state index is -4.01. The molecule has 0 spiro atoms. The fraction of sp³-hybridized carbons (Fsp3) is 1.00. The van der Waals surface area contributed by atoms with Crippen LogP contribution in [-0.4, -0.2) is 43.3 Å². The number of nitrogens with one attached hydrogen (secondary N) is 1. The lowest BCUT2D eigenvalue weighted by Crippen LogP contribution is -2.49. The first kappa shape index (κ1) is 14.1. The monoisotopic (exact) mass is 264 g/mol. The van der Waals surface area contributed by atoms with Crippen molar-refractivity contribution < 1.29 is 13.2 Å². The van der Waals surface area contributed by atoms with E-state index < -0.39 is 12.1 Å². The largest absolute Gasteiger partial charge is 0.391 e. The van der Waals surface area contributed by atoms with Crippen LogP contribution in [0.25, 0.3) is 0 Å². The third kappa shape index (κ3) is 3.85. The molecule has 1 aliphatic carbocycles. The highest BCUT2D eigenvalue weighted by Gasteiger charge is 2.42. The average molecular weight is 264 g/mol. The van der Waals surface area contributed by atoms with Gasteiger partial charge < -0.3 is 10.2 Å². The summed E-state index contributed by atoms with van der Waals surface area (Å²) in [5, 5.41) is 3.45. The number of nitrogens with zero attached hydrogens (tertiary/aromatic N) is 1. The Kier molecular flexibility index (Phi) is 4.54. The first-order chi connectivity index (χ1) is 8.45. The van der Waals surface area contributed by atoms with Crippen LogP contribution in [0.4, 0.5) is 13.2 Å². The molecule has 0 aromatic heterocycles. The summed E-state index contributed by atoms with van der Waals surface area (Å²) in [7, 11) is 2.08. The molecule has 18 heavy (non-hydrogen) atoms. The third-order valence-corrected chi connectivity index (χ3v) is 4.23. The van der Waals surface area contributed by atoms with Gasteiger partial charge in [-0.25, -0.2) is 0 Å². The number of hydrogen-bond acceptors (Lipinski definition) is 2. The van der Waals surface area contributed by atoms with Gasteiger partial charge in [0.2, 0.25) is 0 Å². The minimum absolute atomic E-state index is 0.0573. The van der Waals surface area contributed by atoms with Crippen LogP contribution in [0.1, 0.15) is 38.5 Å². The van der Waals surface area contributed by atoms with Gasteiger partial charge in [0.1, 0.15) is 0 Å². The number of alkyl halides is 3. The van der Waals surface area contributed by atoms with E-state index in [1.807, 2.05) is 0 Å². The Hall–Kier alpha value is -0.290. The number of halogens is 3. The Morgan fingerprint density at radius 1 is 1.06 bits per heavy atom. The predicted molar refractivity (Wildman–Crippen MR) is 65.5 cm³/mol. The van der Waals surface area contributed by atoms with Crippen LogP contribution in [0.15, 0.2) is 0 Å². The predicted octanol–water partition coefficient (Wildman–Crippen LogP) is 2.79. The summed E-state index contributed by atoms with van der Waals surface area (Å²) in [6.45, 7) is 2.07. The van der Waals surface area contributed by atoms with Gasteiger partial charge in [0, 0.05) is 18.6 Å². The van der Waals surface area contributed by atoms with E-state index in [0.717, 1.165) is 32.4 Å². The van der Waals surface area contributed by atoms with Crippen molar-refractivity contribution >= 4 is 0 Å². The Morgan fingerprint density at radius 2 is 1.78 bits per heavy atom. The van der Waals surface area contributed by atoms with Crippen molar-refractivity contribution in [2.75, 3.05) is 20.1 Å². The van der Waals surface area contributed by atoms with E-state index in [1.54, 1.807) is 0 Å². The third-order valence-electron chi connectivity index (χ3n) is 4.23. The van der Waals surface area contributed by atoms with E-state index in [-0.39, 0.29) is 12.5 Å². The molecule has 0 radical (unpaired) electrons. The lowest BCUT2D eigenvalue weighted by molar-refractivity contribution is -0.184. The van der Waals surface area contributed by atoms with Crippen LogP contribution in [0.3, 0.4) is 0 Å². The SMILES string of the molecule is CN1CCCC(NC2CCCC(C(F)(F)F)C2)C1. The zero-order valence-electron chi connectivity index (χ0n) is 11.0. The topological polar surface area (TPSA) is 15.3 Å². The number of hydrogen-bond donors (Lipinski definition) is 1. The van der Waals surface area contributed by atoms with Crippen LogP contribution in [0.5, 0.6) is 0 Å². The molecule has 5 heteroatoms. The lowest BCUT2D eigenvalue weighted by Gasteiger charge is -2.37. The molecule has 1 aliphatic heterocycles. The first-order valence-electron chi connectivity index (χ1n) is 6.96. The Bertz CT molecular complexity index is 267. The molecule has 1 N–H and O–H groups in total. The second kappa shape index (κ2) is 5.78. The van der Waals surface area contributed by atoms with Crippen molar-refractivity contribution in [1.82, 2.24) is 10.2 Å². The van der Waals surface area contributed by atoms with Gasteiger partial charge in [0.15, 0.2) is 0 Å². The van der Waals surface area contributed by atoms with Gasteiger partial charge in [-0.05, 0) is 45.7 Å². The maximum absolute atomic E-state index is 12.7. The Balaban J connectivity index is 1.82. The van der Waals surface area contributed by atoms with Crippen LogP contribution in [-0.2, 0) is 0 Å². The number of rotatable bonds is 2. The summed E-state index contributed by atoms with van der Waals surface area (Å²) in [6.07, 6.45) is 0.401. The molecule has 2 fully saturated rings. The van der Waals surface area contributed by atoms with Crippen molar-refractivity contribution in [2.24, 2.45) is 5.92 Å². The second-order valence-corrected chi connectivity index (χ2v) is 5.87. The fourth-order valence-electron chi connectivity index (χ4n) is 3.27. The van der Waals surface area contributed by atoms with Crippen molar-refractivity contribution in [3.8, 4) is 0 Å². The summed E-state index contributed by atoms with van der Waals surface area (Å²) in [5.74, 6) is -1.09. The van der Waals surface area contributed by atoms with E-state index in [2.05, 4.69) is 17.3 Å². The van der Waals surface area contributed by atoms with Gasteiger partial charge in [-0.3, -0.25) is 0 Å². The molecule has 0 bridgehead atoms. The van der Waals surface area contributed by atoms with Gasteiger partial charge in [-0.2, -0.15) is 13.2 Å². The van der Waals surface area contributed by atoms with Crippen LogP contribution in [0.2, 0.25) is 0 Å². The van der Waals surface area contributed by atoms with E-state index in [4.69, 9.17) is 0 Å². The minimum Gasteiger partial charge on any atom is -0.310 e. The molecular formula is C13H23F3N2. The highest BCUT2D eigenvalue weighted by Crippen LogP contribution is 2.37. The van der Waals surface area contributed by atoms with Crippen molar-refractivity contribution in [1.29, 1.82) is 0 Å². The van der Waals surface area contributed by atoms with Gasteiger partial charge in [-0.1, -0.05) is 6.42 Å². The van der Waals surface area contributed by atoms with Crippen LogP contribution >= 0.6 is 0 Å². The molecule has 0 aromatic carbocycles. The quantitative estimate of drug-likeness (QED) is 0.825. The van der Waals surface area contributed by atoms with E-state index in [9.17, 15) is 13.2 Å². The second-order valence-electron chi connectivity index (χ2n) is 5.87. The molecule has 1 saturated heterocycles. The van der Waals surface area contributed by atoms with Gasteiger partial charge >= 0.3 is 6.18 Å². The molecular weight excluding hydrogens is 241 g/mol. The standard InChI is InChI=1S/C13H23F3N2/c1-18-7-3-6-12(9-18)17-11-5-2-4-10(8-11)13(14,15)16/h10-12,17H,2-9H2,1H3. The molecule has 3 unspecified atom stereocenters. The summed E-state index contributed by atoms with van der Waals surface area (Å²) >= 11 is 0. The first-order valence-corrected chi connectivity index (χ1v) is 6.96. The number of likely N-dealkylation sites (tertiary alicyclic amines) is 1. The summed E-state index contributed by atoms with van der Waals surface area (Å²) in [4.78, 5) is 2.26. The molecule has 1 saturated carbocycles. The Morgan fingerprint density at radius 3 is 2.44 bits per heavy atom. The molecule has 1 heterocycles. The van der Waals surface area contributed by atoms with Gasteiger partial charge in [0.25, 0.3) is 0 Å². The molecule has 3 atom stereocenters. The number of piperidine rings is 1. The summed E-state index contributed by atoms with van der Waals surface area (Å²) in [5.41, 5.74) is 0. The lowest BCUT2D eigenvalue weighted by atomic mass is 9.84. The molecule has 2 rings (SSSR count). The number of likely N-dealkylation sites (N-methyl/N-ethyl adjacent to an activating group) is 1. The van der Waals surface area contributed by atoms with E-state index in [0.29, 0.717) is 18.9 Å². The van der Waals surface area contributed by atoms with E-state index >= 15 is 0 Å². The van der Waals surface area contributed by atoms with Crippen molar-refractivity contribution in [3.63, 3.8) is 0 Å². The maximum atomic E-state index is 12.7. The average Bonchev–Trinajstić information content (AvgIpc) is 2.28. The molecule has 106 valence electrons. The maximum Gasteiger partial charge on any atom is 0.391 e. The molecule has 2 nitrogen and oxygen atoms in total. The summed E-state index contributed by atoms with van der Waals surface area (Å²) < 4.78 is 38.2. The summed E-state index contributed by atoms with van der Waals surface area (Å²) in [6, 6.07) is 0.433. The Labute approximate surface area is 107 Å². The zero-order valence-corrected chi connectivity index (χ0v) is 11.0. The van der Waals surface area contributed by atoms with Crippen molar-refractivity contribution in [2.45, 2.75) is 56.8 Å². The van der Waals surface area contributed by atoms with Gasteiger partial charge in [0.05, 0.1) is 5.92 Å². The zero-order chi connectivity index (χ0) is 13.2. The highest BCUT2D eigenvalue weighted by atomic mass is 19.4. The molecule has 2 aliphatic rings. The van der Waals surface area contributed by atoms with E-state index in [1.165, 1.54) is 0 Å². The molecule has 0 amide bonds. The molecule has 0 aromatic rings.